The molecular formula is C9H18N2O2S. The van der Waals surface area contributed by atoms with Crippen LogP contribution in [0.25, 0.3) is 0 Å². The van der Waals surface area contributed by atoms with Gasteiger partial charge in [0.05, 0.1) is 5.75 Å². The fourth-order valence-corrected chi connectivity index (χ4v) is 4.15. The standard InChI is InChI=1S/C9H18N2O2S/c1-10-6-3-9(4-7-10)11-5-2-8-14(11,12)13/h9H,2-8H2,1H3. The Morgan fingerprint density at radius 3 is 2.29 bits per heavy atom. The van der Waals surface area contributed by atoms with Gasteiger partial charge in [-0.05, 0) is 39.4 Å². The van der Waals surface area contributed by atoms with Crippen LogP contribution in [0.15, 0.2) is 0 Å². The summed E-state index contributed by atoms with van der Waals surface area (Å²) in [5.41, 5.74) is 0. The molecule has 82 valence electrons. The van der Waals surface area contributed by atoms with Gasteiger partial charge in [0.25, 0.3) is 0 Å². The van der Waals surface area contributed by atoms with Crippen LogP contribution >= 0.6 is 0 Å². The first-order chi connectivity index (χ1) is 6.59. The summed E-state index contributed by atoms with van der Waals surface area (Å²) in [4.78, 5) is 2.26. The first-order valence-corrected chi connectivity index (χ1v) is 6.88. The summed E-state index contributed by atoms with van der Waals surface area (Å²) in [6.07, 6.45) is 2.81. The lowest BCUT2D eigenvalue weighted by molar-refractivity contribution is 0.189. The molecule has 4 nitrogen and oxygen atoms in total. The number of likely N-dealkylation sites (tertiary alicyclic amines) is 1. The van der Waals surface area contributed by atoms with E-state index in [9.17, 15) is 8.42 Å². The zero-order chi connectivity index (χ0) is 10.2. The van der Waals surface area contributed by atoms with Crippen LogP contribution in [-0.2, 0) is 10.0 Å². The molecule has 0 amide bonds. The zero-order valence-electron chi connectivity index (χ0n) is 8.65. The molecule has 0 aromatic heterocycles. The van der Waals surface area contributed by atoms with E-state index in [1.165, 1.54) is 0 Å². The molecule has 2 rings (SSSR count). The highest BCUT2D eigenvalue weighted by Crippen LogP contribution is 2.23. The number of piperidine rings is 1. The molecule has 2 aliphatic heterocycles. The van der Waals surface area contributed by atoms with Gasteiger partial charge >= 0.3 is 0 Å². The summed E-state index contributed by atoms with van der Waals surface area (Å²) in [5.74, 6) is 0.360. The van der Waals surface area contributed by atoms with Crippen molar-refractivity contribution in [1.82, 2.24) is 9.21 Å². The van der Waals surface area contributed by atoms with Crippen LogP contribution in [0.5, 0.6) is 0 Å². The molecule has 0 aromatic rings. The van der Waals surface area contributed by atoms with E-state index in [1.54, 1.807) is 4.31 Å². The Hall–Kier alpha value is -0.130. The van der Waals surface area contributed by atoms with Crippen molar-refractivity contribution in [2.24, 2.45) is 0 Å². The van der Waals surface area contributed by atoms with Gasteiger partial charge in [-0.15, -0.1) is 0 Å². The highest BCUT2D eigenvalue weighted by atomic mass is 32.2. The second kappa shape index (κ2) is 3.79. The van der Waals surface area contributed by atoms with E-state index in [2.05, 4.69) is 11.9 Å². The first-order valence-electron chi connectivity index (χ1n) is 5.28. The molecule has 0 bridgehead atoms. The SMILES string of the molecule is CN1CCC(N2CCCS2(=O)=O)CC1. The monoisotopic (exact) mass is 218 g/mol. The molecule has 0 aliphatic carbocycles. The molecular weight excluding hydrogens is 200 g/mol. The lowest BCUT2D eigenvalue weighted by Crippen LogP contribution is -2.44. The molecule has 0 radical (unpaired) electrons. The second-order valence-corrected chi connectivity index (χ2v) is 6.36. The molecule has 5 heteroatoms. The van der Waals surface area contributed by atoms with Crippen LogP contribution in [-0.4, -0.2) is 56.1 Å². The summed E-state index contributed by atoms with van der Waals surface area (Å²) < 4.78 is 25.0. The Kier molecular flexibility index (Phi) is 2.81. The first kappa shape index (κ1) is 10.4. The van der Waals surface area contributed by atoms with Crippen molar-refractivity contribution in [3.63, 3.8) is 0 Å². The molecule has 0 aromatic carbocycles. The molecule has 14 heavy (non-hydrogen) atoms. The van der Waals surface area contributed by atoms with Gasteiger partial charge in [0.2, 0.25) is 10.0 Å². The van der Waals surface area contributed by atoms with E-state index in [4.69, 9.17) is 0 Å². The molecule has 0 N–H and O–H groups in total. The summed E-state index contributed by atoms with van der Waals surface area (Å²) in [6.45, 7) is 2.80. The van der Waals surface area contributed by atoms with Gasteiger partial charge in [0.15, 0.2) is 0 Å². The number of hydrogen-bond acceptors (Lipinski definition) is 3. The number of hydrogen-bond donors (Lipinski definition) is 0. The van der Waals surface area contributed by atoms with Crippen molar-refractivity contribution in [3.05, 3.63) is 0 Å². The van der Waals surface area contributed by atoms with Gasteiger partial charge < -0.3 is 4.90 Å². The molecule has 0 spiro atoms. The topological polar surface area (TPSA) is 40.6 Å². The van der Waals surface area contributed by atoms with E-state index < -0.39 is 10.0 Å². The molecule has 2 heterocycles. The third-order valence-electron chi connectivity index (χ3n) is 3.23. The molecule has 0 unspecified atom stereocenters. The van der Waals surface area contributed by atoms with Gasteiger partial charge in [0, 0.05) is 12.6 Å². The predicted molar refractivity (Wildman–Crippen MR) is 55.6 cm³/mol. The fourth-order valence-electron chi connectivity index (χ4n) is 2.35. The molecule has 2 fully saturated rings. The average molecular weight is 218 g/mol. The Morgan fingerprint density at radius 2 is 1.79 bits per heavy atom. The summed E-state index contributed by atoms with van der Waals surface area (Å²) in [7, 11) is -0.797. The number of rotatable bonds is 1. The van der Waals surface area contributed by atoms with Crippen molar-refractivity contribution in [2.45, 2.75) is 25.3 Å². The predicted octanol–water partition coefficient (Wildman–Crippen LogP) is 0.116. The van der Waals surface area contributed by atoms with Crippen LogP contribution in [0.4, 0.5) is 0 Å². The maximum Gasteiger partial charge on any atom is 0.214 e. The molecule has 2 aliphatic rings. The molecule has 2 saturated heterocycles. The van der Waals surface area contributed by atoms with E-state index in [0.717, 1.165) is 38.9 Å². The molecule has 0 saturated carbocycles. The maximum absolute atomic E-state index is 11.7. The van der Waals surface area contributed by atoms with Crippen LogP contribution < -0.4 is 0 Å². The average Bonchev–Trinajstić information content (AvgIpc) is 2.47. The minimum absolute atomic E-state index is 0.277. The summed E-state index contributed by atoms with van der Waals surface area (Å²) in [6, 6.07) is 0.277. The quantitative estimate of drug-likeness (QED) is 0.627. The van der Waals surface area contributed by atoms with Crippen molar-refractivity contribution in [3.8, 4) is 0 Å². The Morgan fingerprint density at radius 1 is 1.14 bits per heavy atom. The van der Waals surface area contributed by atoms with Crippen LogP contribution in [0.3, 0.4) is 0 Å². The van der Waals surface area contributed by atoms with Gasteiger partial charge in [-0.2, -0.15) is 4.31 Å². The Balaban J connectivity index is 2.02. The minimum Gasteiger partial charge on any atom is -0.306 e. The van der Waals surface area contributed by atoms with E-state index in [1.807, 2.05) is 0 Å². The summed E-state index contributed by atoms with van der Waals surface area (Å²) in [5, 5.41) is 0. The van der Waals surface area contributed by atoms with Gasteiger partial charge in [-0.3, -0.25) is 0 Å². The smallest absolute Gasteiger partial charge is 0.214 e. The van der Waals surface area contributed by atoms with Gasteiger partial charge in [-0.1, -0.05) is 0 Å². The third-order valence-corrected chi connectivity index (χ3v) is 5.23. The zero-order valence-corrected chi connectivity index (χ0v) is 9.46. The lowest BCUT2D eigenvalue weighted by atomic mass is 10.1. The largest absolute Gasteiger partial charge is 0.306 e. The normalized spacial score (nSPS) is 30.9. The maximum atomic E-state index is 11.7. The van der Waals surface area contributed by atoms with E-state index >= 15 is 0 Å². The van der Waals surface area contributed by atoms with Gasteiger partial charge in [-0.25, -0.2) is 8.42 Å². The third kappa shape index (κ3) is 1.94. The van der Waals surface area contributed by atoms with Crippen molar-refractivity contribution in [1.29, 1.82) is 0 Å². The second-order valence-electron chi connectivity index (χ2n) is 4.31. The van der Waals surface area contributed by atoms with Gasteiger partial charge in [0.1, 0.15) is 0 Å². The number of sulfonamides is 1. The van der Waals surface area contributed by atoms with Crippen molar-refractivity contribution in [2.75, 3.05) is 32.4 Å². The Bertz CT molecular complexity index is 294. The Labute approximate surface area is 85.9 Å². The van der Waals surface area contributed by atoms with Crippen LogP contribution in [0, 0.1) is 0 Å². The van der Waals surface area contributed by atoms with E-state index in [-0.39, 0.29) is 6.04 Å². The lowest BCUT2D eigenvalue weighted by Gasteiger charge is -2.33. The summed E-state index contributed by atoms with van der Waals surface area (Å²) >= 11 is 0. The van der Waals surface area contributed by atoms with E-state index in [0.29, 0.717) is 5.75 Å². The van der Waals surface area contributed by atoms with Crippen molar-refractivity contribution < 1.29 is 8.42 Å². The number of nitrogens with zero attached hydrogens (tertiary/aromatic N) is 2. The minimum atomic E-state index is -2.89. The van der Waals surface area contributed by atoms with Crippen molar-refractivity contribution >= 4 is 10.0 Å². The fraction of sp³-hybridized carbons (Fsp3) is 1.00. The highest BCUT2D eigenvalue weighted by Gasteiger charge is 2.35. The highest BCUT2D eigenvalue weighted by molar-refractivity contribution is 7.89. The van der Waals surface area contributed by atoms with Crippen LogP contribution in [0.1, 0.15) is 19.3 Å². The van der Waals surface area contributed by atoms with Crippen LogP contribution in [0.2, 0.25) is 0 Å². The molecule has 0 atom stereocenters.